The minimum Gasteiger partial charge on any atom is -0.374 e. The Hall–Kier alpha value is -2.79. The molecule has 1 aromatic heterocycles. The van der Waals surface area contributed by atoms with Crippen molar-refractivity contribution in [3.8, 4) is 5.69 Å². The van der Waals surface area contributed by atoms with Crippen molar-refractivity contribution in [3.05, 3.63) is 76.6 Å². The van der Waals surface area contributed by atoms with E-state index in [9.17, 15) is 4.79 Å². The van der Waals surface area contributed by atoms with E-state index in [4.69, 9.17) is 11.6 Å². The Morgan fingerprint density at radius 3 is 2.93 bits per heavy atom. The molecule has 5 nitrogen and oxygen atoms in total. The molecule has 6 heteroatoms. The van der Waals surface area contributed by atoms with Crippen LogP contribution in [-0.2, 0) is 13.0 Å². The number of rotatable bonds is 4. The lowest BCUT2D eigenvalue weighted by Crippen LogP contribution is -2.25. The molecule has 0 saturated carbocycles. The molecule has 0 atom stereocenters. The highest BCUT2D eigenvalue weighted by Gasteiger charge is 2.15. The van der Waals surface area contributed by atoms with Crippen molar-refractivity contribution in [2.24, 2.45) is 0 Å². The fourth-order valence-corrected chi connectivity index (χ4v) is 3.66. The second-order valence-electron chi connectivity index (χ2n) is 6.80. The highest BCUT2D eigenvalue weighted by molar-refractivity contribution is 6.32. The predicted octanol–water partition coefficient (Wildman–Crippen LogP) is 3.84. The molecule has 2 aromatic carbocycles. The Morgan fingerprint density at radius 2 is 2.07 bits per heavy atom. The van der Waals surface area contributed by atoms with Crippen LogP contribution in [0.1, 0.15) is 27.9 Å². The molecule has 0 spiro atoms. The molecule has 0 saturated heterocycles. The zero-order chi connectivity index (χ0) is 18.8. The number of carbonyl (C=O) groups is 1. The molecule has 1 N–H and O–H groups in total. The normalized spacial score (nSPS) is 13.3. The van der Waals surface area contributed by atoms with Gasteiger partial charge in [-0.1, -0.05) is 35.9 Å². The number of para-hydroxylation sites is 1. The summed E-state index contributed by atoms with van der Waals surface area (Å²) in [5, 5.41) is 7.82. The van der Waals surface area contributed by atoms with Gasteiger partial charge in [0.15, 0.2) is 0 Å². The van der Waals surface area contributed by atoms with Crippen LogP contribution in [0.3, 0.4) is 0 Å². The average Bonchev–Trinajstić information content (AvgIpc) is 3.16. The van der Waals surface area contributed by atoms with Crippen molar-refractivity contribution < 1.29 is 4.79 Å². The minimum atomic E-state index is -0.150. The molecular formula is C21H21ClN4O. The first-order valence-corrected chi connectivity index (χ1v) is 9.40. The third kappa shape index (κ3) is 3.69. The van der Waals surface area contributed by atoms with Gasteiger partial charge >= 0.3 is 0 Å². The third-order valence-corrected chi connectivity index (χ3v) is 5.21. The Balaban J connectivity index is 1.44. The highest BCUT2D eigenvalue weighted by Crippen LogP contribution is 2.26. The molecule has 0 aliphatic carbocycles. The lowest BCUT2D eigenvalue weighted by atomic mass is 9.99. The number of nitrogens with zero attached hydrogens (tertiary/aromatic N) is 3. The minimum absolute atomic E-state index is 0.150. The number of nitrogens with one attached hydrogen (secondary N) is 1. The van der Waals surface area contributed by atoms with E-state index in [0.717, 1.165) is 24.2 Å². The average molecular weight is 381 g/mol. The van der Waals surface area contributed by atoms with Gasteiger partial charge < -0.3 is 10.2 Å². The first-order valence-electron chi connectivity index (χ1n) is 9.02. The van der Waals surface area contributed by atoms with Gasteiger partial charge in [-0.05, 0) is 42.2 Å². The number of hydrogen-bond donors (Lipinski definition) is 1. The third-order valence-electron chi connectivity index (χ3n) is 4.89. The molecule has 0 radical (unpaired) electrons. The lowest BCUT2D eigenvalue weighted by Gasteiger charge is -2.27. The zero-order valence-corrected chi connectivity index (χ0v) is 15.9. The van der Waals surface area contributed by atoms with Gasteiger partial charge in [0, 0.05) is 32.0 Å². The number of aryl methyl sites for hydroxylation is 1. The van der Waals surface area contributed by atoms with Gasteiger partial charge in [-0.3, -0.25) is 4.79 Å². The Bertz CT molecular complexity index is 982. The maximum Gasteiger partial charge on any atom is 0.254 e. The van der Waals surface area contributed by atoms with Crippen molar-refractivity contribution >= 4 is 23.2 Å². The number of fused-ring (bicyclic) bond motifs is 1. The lowest BCUT2D eigenvalue weighted by molar-refractivity contribution is 0.0951. The maximum absolute atomic E-state index is 12.5. The van der Waals surface area contributed by atoms with Gasteiger partial charge in [-0.25, -0.2) is 4.68 Å². The maximum atomic E-state index is 12.5. The molecule has 1 aliphatic heterocycles. The summed E-state index contributed by atoms with van der Waals surface area (Å²) >= 11 is 6.19. The number of benzene rings is 2. The van der Waals surface area contributed by atoms with E-state index in [1.807, 2.05) is 18.2 Å². The van der Waals surface area contributed by atoms with E-state index in [1.165, 1.54) is 17.7 Å². The number of amides is 1. The Morgan fingerprint density at radius 1 is 1.22 bits per heavy atom. The molecular weight excluding hydrogens is 360 g/mol. The molecule has 1 amide bonds. The van der Waals surface area contributed by atoms with E-state index in [2.05, 4.69) is 40.6 Å². The van der Waals surface area contributed by atoms with E-state index in [-0.39, 0.29) is 5.91 Å². The van der Waals surface area contributed by atoms with Crippen LogP contribution in [0.25, 0.3) is 5.69 Å². The van der Waals surface area contributed by atoms with Crippen molar-refractivity contribution in [3.63, 3.8) is 0 Å². The van der Waals surface area contributed by atoms with Crippen LogP contribution in [-0.4, -0.2) is 29.3 Å². The first-order chi connectivity index (χ1) is 13.1. The number of aromatic nitrogens is 2. The Labute approximate surface area is 163 Å². The summed E-state index contributed by atoms with van der Waals surface area (Å²) in [4.78, 5) is 14.8. The monoisotopic (exact) mass is 380 g/mol. The molecule has 27 heavy (non-hydrogen) atoms. The van der Waals surface area contributed by atoms with E-state index in [1.54, 1.807) is 23.1 Å². The Kier molecular flexibility index (Phi) is 4.86. The van der Waals surface area contributed by atoms with Gasteiger partial charge in [-0.15, -0.1) is 0 Å². The molecule has 138 valence electrons. The van der Waals surface area contributed by atoms with Gasteiger partial charge in [-0.2, -0.15) is 5.10 Å². The number of carbonyl (C=O) groups excluding carboxylic acids is 1. The second-order valence-corrected chi connectivity index (χ2v) is 7.20. The quantitative estimate of drug-likeness (QED) is 0.748. The van der Waals surface area contributed by atoms with Crippen molar-refractivity contribution in [1.82, 2.24) is 15.1 Å². The standard InChI is InChI=1S/C21H21ClN4O/c1-25-10-4-5-16-11-15(8-9-19(16)25)12-23-21(27)17-13-24-26(14-17)20-7-3-2-6-18(20)22/h2-3,6-9,11,13-14H,4-5,10,12H2,1H3,(H,23,27). The summed E-state index contributed by atoms with van der Waals surface area (Å²) in [6.07, 6.45) is 5.51. The molecule has 0 fully saturated rings. The number of anilines is 1. The van der Waals surface area contributed by atoms with Crippen molar-refractivity contribution in [1.29, 1.82) is 0 Å². The number of hydrogen-bond acceptors (Lipinski definition) is 3. The fourth-order valence-electron chi connectivity index (χ4n) is 3.44. The fraction of sp³-hybridized carbons (Fsp3) is 0.238. The van der Waals surface area contributed by atoms with Crippen LogP contribution in [0, 0.1) is 0 Å². The highest BCUT2D eigenvalue weighted by atomic mass is 35.5. The molecule has 1 aliphatic rings. The van der Waals surface area contributed by atoms with Crippen LogP contribution in [0.4, 0.5) is 5.69 Å². The van der Waals surface area contributed by atoms with Crippen molar-refractivity contribution in [2.45, 2.75) is 19.4 Å². The van der Waals surface area contributed by atoms with Gasteiger partial charge in [0.1, 0.15) is 0 Å². The first kappa shape index (κ1) is 17.6. The summed E-state index contributed by atoms with van der Waals surface area (Å²) in [7, 11) is 2.12. The SMILES string of the molecule is CN1CCCc2cc(CNC(=O)c3cnn(-c4ccccc4Cl)c3)ccc21. The smallest absolute Gasteiger partial charge is 0.254 e. The van der Waals surface area contributed by atoms with E-state index in [0.29, 0.717) is 17.1 Å². The van der Waals surface area contributed by atoms with Crippen molar-refractivity contribution in [2.75, 3.05) is 18.5 Å². The summed E-state index contributed by atoms with van der Waals surface area (Å²) in [5.41, 5.74) is 5.00. The second kappa shape index (κ2) is 7.45. The van der Waals surface area contributed by atoms with Crippen LogP contribution >= 0.6 is 11.6 Å². The van der Waals surface area contributed by atoms with E-state index < -0.39 is 0 Å². The van der Waals surface area contributed by atoms with Gasteiger partial charge in [0.2, 0.25) is 0 Å². The molecule has 0 unspecified atom stereocenters. The number of halogens is 1. The summed E-state index contributed by atoms with van der Waals surface area (Å²) in [6.45, 7) is 1.59. The zero-order valence-electron chi connectivity index (χ0n) is 15.2. The van der Waals surface area contributed by atoms with Crippen LogP contribution < -0.4 is 10.2 Å². The van der Waals surface area contributed by atoms with Crippen LogP contribution in [0.2, 0.25) is 5.02 Å². The summed E-state index contributed by atoms with van der Waals surface area (Å²) < 4.78 is 1.62. The molecule has 0 bridgehead atoms. The largest absolute Gasteiger partial charge is 0.374 e. The van der Waals surface area contributed by atoms with E-state index >= 15 is 0 Å². The van der Waals surface area contributed by atoms with Gasteiger partial charge in [0.25, 0.3) is 5.91 Å². The molecule has 4 rings (SSSR count). The van der Waals surface area contributed by atoms with Crippen LogP contribution in [0.5, 0.6) is 0 Å². The van der Waals surface area contributed by atoms with Crippen LogP contribution in [0.15, 0.2) is 54.9 Å². The predicted molar refractivity (Wildman–Crippen MR) is 108 cm³/mol. The topological polar surface area (TPSA) is 50.2 Å². The summed E-state index contributed by atoms with van der Waals surface area (Å²) in [5.74, 6) is -0.150. The summed E-state index contributed by atoms with van der Waals surface area (Å²) in [6, 6.07) is 13.8. The molecule has 3 aromatic rings. The molecule has 2 heterocycles. The van der Waals surface area contributed by atoms with Gasteiger partial charge in [0.05, 0.1) is 22.5 Å².